The number of carbonyl (C=O) groups excluding carboxylic acids is 1. The SMILES string of the molecule is Cc1ccc2c(c1)[C@H](NC(=O)CCCN(c1ccc(F)cc1)S(C)(=O)=O)CC(C)(C)O2. The maximum absolute atomic E-state index is 13.2. The second-order valence-electron chi connectivity index (χ2n) is 8.64. The first-order chi connectivity index (χ1) is 14.4. The van der Waals surface area contributed by atoms with Crippen molar-refractivity contribution in [3.63, 3.8) is 0 Å². The van der Waals surface area contributed by atoms with E-state index in [1.807, 2.05) is 39.0 Å². The Kier molecular flexibility index (Phi) is 6.59. The number of anilines is 1. The zero-order chi connectivity index (χ0) is 22.8. The summed E-state index contributed by atoms with van der Waals surface area (Å²) in [4.78, 5) is 12.7. The van der Waals surface area contributed by atoms with E-state index in [0.29, 0.717) is 18.5 Å². The van der Waals surface area contributed by atoms with Gasteiger partial charge in [-0.3, -0.25) is 9.10 Å². The molecular weight excluding hydrogens is 419 g/mol. The van der Waals surface area contributed by atoms with E-state index in [-0.39, 0.29) is 24.9 Å². The molecule has 1 aliphatic rings. The molecule has 0 bridgehead atoms. The maximum atomic E-state index is 13.2. The average molecular weight is 449 g/mol. The van der Waals surface area contributed by atoms with Crippen LogP contribution < -0.4 is 14.4 Å². The molecule has 1 N–H and O–H groups in total. The van der Waals surface area contributed by atoms with Crippen molar-refractivity contribution in [3.8, 4) is 5.75 Å². The topological polar surface area (TPSA) is 75.7 Å². The Hall–Kier alpha value is -2.61. The number of hydrogen-bond donors (Lipinski definition) is 1. The zero-order valence-electron chi connectivity index (χ0n) is 18.3. The lowest BCUT2D eigenvalue weighted by Crippen LogP contribution is -2.41. The summed E-state index contributed by atoms with van der Waals surface area (Å²) in [5.74, 6) is 0.181. The van der Waals surface area contributed by atoms with Gasteiger partial charge < -0.3 is 10.1 Å². The van der Waals surface area contributed by atoms with Gasteiger partial charge in [-0.1, -0.05) is 17.7 Å². The number of amides is 1. The molecule has 1 amide bonds. The summed E-state index contributed by atoms with van der Waals surface area (Å²) in [6, 6.07) is 11.0. The largest absolute Gasteiger partial charge is 0.487 e. The molecule has 8 heteroatoms. The standard InChI is InChI=1S/C23H29FN2O4S/c1-16-7-12-21-19(14-16)20(15-23(2,3)30-21)25-22(27)6-5-13-26(31(4,28)29)18-10-8-17(24)9-11-18/h7-12,14,20H,5-6,13,15H2,1-4H3,(H,25,27)/t20-/m1/s1. The molecule has 0 radical (unpaired) electrons. The minimum absolute atomic E-state index is 0.132. The quantitative estimate of drug-likeness (QED) is 0.692. The highest BCUT2D eigenvalue weighted by atomic mass is 32.2. The van der Waals surface area contributed by atoms with Crippen LogP contribution in [0.2, 0.25) is 0 Å². The van der Waals surface area contributed by atoms with Gasteiger partial charge in [0.15, 0.2) is 0 Å². The molecule has 2 aromatic carbocycles. The Balaban J connectivity index is 1.64. The van der Waals surface area contributed by atoms with Crippen molar-refractivity contribution in [2.45, 2.75) is 51.7 Å². The number of halogens is 1. The molecule has 0 saturated heterocycles. The minimum Gasteiger partial charge on any atom is -0.487 e. The smallest absolute Gasteiger partial charge is 0.232 e. The van der Waals surface area contributed by atoms with Crippen LogP contribution in [0.5, 0.6) is 5.75 Å². The van der Waals surface area contributed by atoms with E-state index < -0.39 is 21.4 Å². The second-order valence-corrected chi connectivity index (χ2v) is 10.5. The number of benzene rings is 2. The van der Waals surface area contributed by atoms with Crippen molar-refractivity contribution >= 4 is 21.6 Å². The molecule has 31 heavy (non-hydrogen) atoms. The molecule has 3 rings (SSSR count). The van der Waals surface area contributed by atoms with Gasteiger partial charge in [0.05, 0.1) is 18.0 Å². The fourth-order valence-electron chi connectivity index (χ4n) is 3.85. The Morgan fingerprint density at radius 2 is 1.90 bits per heavy atom. The van der Waals surface area contributed by atoms with Crippen LogP contribution in [0.1, 0.15) is 50.3 Å². The van der Waals surface area contributed by atoms with Crippen LogP contribution in [0, 0.1) is 12.7 Å². The summed E-state index contributed by atoms with van der Waals surface area (Å²) in [6.45, 7) is 6.10. The molecule has 1 atom stereocenters. The van der Waals surface area contributed by atoms with Gasteiger partial charge in [-0.25, -0.2) is 12.8 Å². The highest BCUT2D eigenvalue weighted by Gasteiger charge is 2.34. The summed E-state index contributed by atoms with van der Waals surface area (Å²) in [5, 5.41) is 3.08. The third-order valence-corrected chi connectivity index (χ3v) is 6.43. The zero-order valence-corrected chi connectivity index (χ0v) is 19.1. The van der Waals surface area contributed by atoms with Crippen molar-refractivity contribution in [1.29, 1.82) is 0 Å². The Bertz CT molecular complexity index is 1050. The van der Waals surface area contributed by atoms with Gasteiger partial charge in [0.25, 0.3) is 0 Å². The number of aryl methyl sites for hydroxylation is 1. The lowest BCUT2D eigenvalue weighted by atomic mass is 9.89. The van der Waals surface area contributed by atoms with E-state index in [4.69, 9.17) is 4.74 Å². The van der Waals surface area contributed by atoms with E-state index in [1.165, 1.54) is 28.6 Å². The molecule has 0 fully saturated rings. The summed E-state index contributed by atoms with van der Waals surface area (Å²) >= 11 is 0. The molecule has 0 spiro atoms. The molecule has 0 aromatic heterocycles. The predicted octanol–water partition coefficient (Wildman–Crippen LogP) is 4.10. The fraction of sp³-hybridized carbons (Fsp3) is 0.435. The van der Waals surface area contributed by atoms with Gasteiger partial charge in [0, 0.05) is 24.9 Å². The number of nitrogens with one attached hydrogen (secondary N) is 1. The predicted molar refractivity (Wildman–Crippen MR) is 119 cm³/mol. The molecule has 0 aliphatic carbocycles. The fourth-order valence-corrected chi connectivity index (χ4v) is 4.81. The van der Waals surface area contributed by atoms with Gasteiger partial charge in [-0.2, -0.15) is 0 Å². The average Bonchev–Trinajstić information content (AvgIpc) is 2.65. The number of hydrogen-bond acceptors (Lipinski definition) is 4. The van der Waals surface area contributed by atoms with E-state index in [1.54, 1.807) is 0 Å². The maximum Gasteiger partial charge on any atom is 0.232 e. The van der Waals surface area contributed by atoms with Crippen molar-refractivity contribution in [2.75, 3.05) is 17.1 Å². The number of ether oxygens (including phenoxy) is 1. The third-order valence-electron chi connectivity index (χ3n) is 5.24. The van der Waals surface area contributed by atoms with Crippen LogP contribution in [0.4, 0.5) is 10.1 Å². The molecule has 0 saturated carbocycles. The van der Waals surface area contributed by atoms with Crippen molar-refractivity contribution in [1.82, 2.24) is 5.32 Å². The monoisotopic (exact) mass is 448 g/mol. The number of sulfonamides is 1. The van der Waals surface area contributed by atoms with E-state index in [0.717, 1.165) is 23.1 Å². The van der Waals surface area contributed by atoms with Crippen molar-refractivity contribution < 1.29 is 22.3 Å². The van der Waals surface area contributed by atoms with E-state index >= 15 is 0 Å². The molecule has 2 aromatic rings. The van der Waals surface area contributed by atoms with Crippen LogP contribution in [-0.2, 0) is 14.8 Å². The molecule has 6 nitrogen and oxygen atoms in total. The Morgan fingerprint density at radius 1 is 1.23 bits per heavy atom. The summed E-state index contributed by atoms with van der Waals surface area (Å²) in [7, 11) is -3.55. The Morgan fingerprint density at radius 3 is 2.55 bits per heavy atom. The lowest BCUT2D eigenvalue weighted by molar-refractivity contribution is -0.122. The van der Waals surface area contributed by atoms with Crippen molar-refractivity contribution in [2.24, 2.45) is 0 Å². The minimum atomic E-state index is -3.55. The first kappa shape index (κ1) is 23.1. The third kappa shape index (κ3) is 5.97. The highest BCUT2D eigenvalue weighted by Crippen LogP contribution is 2.39. The molecule has 168 valence electrons. The number of fused-ring (bicyclic) bond motifs is 1. The van der Waals surface area contributed by atoms with Crippen LogP contribution in [-0.4, -0.2) is 32.7 Å². The van der Waals surface area contributed by atoms with Gasteiger partial charge in [0.2, 0.25) is 15.9 Å². The molecular formula is C23H29FN2O4S. The van der Waals surface area contributed by atoms with Crippen LogP contribution in [0.3, 0.4) is 0 Å². The number of carbonyl (C=O) groups is 1. The van der Waals surface area contributed by atoms with E-state index in [2.05, 4.69) is 5.32 Å². The summed E-state index contributed by atoms with van der Waals surface area (Å²) < 4.78 is 44.8. The summed E-state index contributed by atoms with van der Waals surface area (Å²) in [6.07, 6.45) is 2.25. The van der Waals surface area contributed by atoms with Crippen molar-refractivity contribution in [3.05, 3.63) is 59.4 Å². The van der Waals surface area contributed by atoms with Gasteiger partial charge in [-0.05, 0) is 57.5 Å². The Labute approximate surface area is 183 Å². The highest BCUT2D eigenvalue weighted by molar-refractivity contribution is 7.92. The van der Waals surface area contributed by atoms with Crippen LogP contribution >= 0.6 is 0 Å². The summed E-state index contributed by atoms with van der Waals surface area (Å²) in [5.41, 5.74) is 2.01. The number of rotatable bonds is 7. The van der Waals surface area contributed by atoms with Gasteiger partial charge >= 0.3 is 0 Å². The lowest BCUT2D eigenvalue weighted by Gasteiger charge is -2.38. The van der Waals surface area contributed by atoms with Crippen LogP contribution in [0.15, 0.2) is 42.5 Å². The first-order valence-corrected chi connectivity index (χ1v) is 12.1. The van der Waals surface area contributed by atoms with Gasteiger partial charge in [0.1, 0.15) is 17.2 Å². The van der Waals surface area contributed by atoms with Gasteiger partial charge in [-0.15, -0.1) is 0 Å². The van der Waals surface area contributed by atoms with E-state index in [9.17, 15) is 17.6 Å². The van der Waals surface area contributed by atoms with Crippen LogP contribution in [0.25, 0.3) is 0 Å². The number of nitrogens with zero attached hydrogens (tertiary/aromatic N) is 1. The molecule has 1 heterocycles. The molecule has 1 aliphatic heterocycles. The second kappa shape index (κ2) is 8.86. The first-order valence-electron chi connectivity index (χ1n) is 10.3. The molecule has 0 unspecified atom stereocenters. The normalized spacial score (nSPS) is 17.4.